The smallest absolute Gasteiger partial charge is 0.226 e. The van der Waals surface area contributed by atoms with Gasteiger partial charge in [-0.1, -0.05) is 39.7 Å². The quantitative estimate of drug-likeness (QED) is 0.780. The number of nitrogens with zero attached hydrogens (tertiary/aromatic N) is 1. The zero-order valence-corrected chi connectivity index (χ0v) is 13.4. The molecule has 1 saturated heterocycles. The molecule has 0 unspecified atom stereocenters. The van der Waals surface area contributed by atoms with E-state index in [0.717, 1.165) is 37.2 Å². The molecule has 0 saturated carbocycles. The summed E-state index contributed by atoms with van der Waals surface area (Å²) in [6.07, 6.45) is 2.81. The minimum absolute atomic E-state index is 0.279. The van der Waals surface area contributed by atoms with Gasteiger partial charge in [-0.3, -0.25) is 4.79 Å². The summed E-state index contributed by atoms with van der Waals surface area (Å²) >= 11 is 3.54. The van der Waals surface area contributed by atoms with Crippen molar-refractivity contribution < 1.29 is 4.79 Å². The van der Waals surface area contributed by atoms with Crippen LogP contribution in [0.3, 0.4) is 0 Å². The number of carbonyl (C=O) groups is 1. The second-order valence-electron chi connectivity index (χ2n) is 5.59. The monoisotopic (exact) mass is 323 g/mol. The van der Waals surface area contributed by atoms with E-state index >= 15 is 0 Å². The Morgan fingerprint density at radius 2 is 2.00 bits per heavy atom. The molecular weight excluding hydrogens is 302 g/mol. The molecule has 19 heavy (non-hydrogen) atoms. The van der Waals surface area contributed by atoms with Gasteiger partial charge in [0.15, 0.2) is 0 Å². The molecule has 1 amide bonds. The van der Waals surface area contributed by atoms with Crippen LogP contribution in [-0.4, -0.2) is 29.2 Å². The molecule has 1 aromatic rings. The maximum Gasteiger partial charge on any atom is 0.226 e. The lowest BCUT2D eigenvalue weighted by molar-refractivity contribution is -0.131. The van der Waals surface area contributed by atoms with Crippen LogP contribution in [0.1, 0.15) is 29.5 Å². The van der Waals surface area contributed by atoms with Gasteiger partial charge < -0.3 is 4.90 Å². The van der Waals surface area contributed by atoms with Crippen molar-refractivity contribution in [3.63, 3.8) is 0 Å². The molecule has 0 N–H and O–H groups in total. The van der Waals surface area contributed by atoms with Crippen LogP contribution < -0.4 is 0 Å². The van der Waals surface area contributed by atoms with E-state index in [-0.39, 0.29) is 5.91 Å². The third kappa shape index (κ3) is 3.82. The zero-order chi connectivity index (χ0) is 13.8. The van der Waals surface area contributed by atoms with Gasteiger partial charge in [-0.2, -0.15) is 0 Å². The fourth-order valence-corrected chi connectivity index (χ4v) is 3.25. The van der Waals surface area contributed by atoms with Crippen LogP contribution in [0.5, 0.6) is 0 Å². The van der Waals surface area contributed by atoms with Crippen molar-refractivity contribution in [1.29, 1.82) is 0 Å². The lowest BCUT2D eigenvalue weighted by Crippen LogP contribution is -2.39. The van der Waals surface area contributed by atoms with Crippen LogP contribution in [-0.2, 0) is 11.2 Å². The number of hydrogen-bond donors (Lipinski definition) is 0. The molecule has 1 heterocycles. The van der Waals surface area contributed by atoms with Crippen LogP contribution >= 0.6 is 15.9 Å². The van der Waals surface area contributed by atoms with Gasteiger partial charge in [-0.25, -0.2) is 0 Å². The highest BCUT2D eigenvalue weighted by molar-refractivity contribution is 9.09. The fraction of sp³-hybridized carbons (Fsp3) is 0.562. The Bertz CT molecular complexity index is 450. The summed E-state index contributed by atoms with van der Waals surface area (Å²) in [5.41, 5.74) is 3.62. The first kappa shape index (κ1) is 14.6. The number of piperidine rings is 1. The molecule has 0 aromatic heterocycles. The van der Waals surface area contributed by atoms with Crippen molar-refractivity contribution in [2.75, 3.05) is 18.4 Å². The Hall–Kier alpha value is -0.830. The van der Waals surface area contributed by atoms with Crippen molar-refractivity contribution in [2.45, 2.75) is 33.1 Å². The van der Waals surface area contributed by atoms with Gasteiger partial charge in [0.1, 0.15) is 0 Å². The van der Waals surface area contributed by atoms with Crippen LogP contribution in [0.25, 0.3) is 0 Å². The van der Waals surface area contributed by atoms with Crippen molar-refractivity contribution in [3.8, 4) is 0 Å². The van der Waals surface area contributed by atoms with E-state index in [4.69, 9.17) is 0 Å². The molecule has 2 nitrogen and oxygen atoms in total. The molecule has 1 aliphatic heterocycles. The Morgan fingerprint density at radius 3 is 2.63 bits per heavy atom. The standard InChI is InChI=1S/C16H22BrNO/c1-12-3-4-13(2)15(9-12)10-16(19)18-7-5-14(11-17)6-8-18/h3-4,9,14H,5-8,10-11H2,1-2H3. The lowest BCUT2D eigenvalue weighted by atomic mass is 9.97. The molecule has 2 rings (SSSR count). The van der Waals surface area contributed by atoms with Crippen LogP contribution in [0.2, 0.25) is 0 Å². The largest absolute Gasteiger partial charge is 0.342 e. The highest BCUT2D eigenvalue weighted by Gasteiger charge is 2.22. The second kappa shape index (κ2) is 6.56. The lowest BCUT2D eigenvalue weighted by Gasteiger charge is -2.31. The number of aryl methyl sites for hydroxylation is 2. The van der Waals surface area contributed by atoms with Gasteiger partial charge in [-0.05, 0) is 43.7 Å². The fourth-order valence-electron chi connectivity index (χ4n) is 2.60. The normalized spacial score (nSPS) is 16.7. The van der Waals surface area contributed by atoms with Crippen molar-refractivity contribution in [1.82, 2.24) is 4.90 Å². The van der Waals surface area contributed by atoms with E-state index in [2.05, 4.69) is 48.0 Å². The second-order valence-corrected chi connectivity index (χ2v) is 6.23. The van der Waals surface area contributed by atoms with Gasteiger partial charge in [0.2, 0.25) is 5.91 Å². The first-order valence-corrected chi connectivity index (χ1v) is 8.12. The summed E-state index contributed by atoms with van der Waals surface area (Å²) in [7, 11) is 0. The summed E-state index contributed by atoms with van der Waals surface area (Å²) in [5.74, 6) is 1.02. The highest BCUT2D eigenvalue weighted by atomic mass is 79.9. The molecule has 0 atom stereocenters. The summed E-state index contributed by atoms with van der Waals surface area (Å²) in [6, 6.07) is 6.35. The van der Waals surface area contributed by atoms with Crippen LogP contribution in [0.4, 0.5) is 0 Å². The van der Waals surface area contributed by atoms with E-state index in [1.54, 1.807) is 0 Å². The first-order chi connectivity index (χ1) is 9.10. The number of amides is 1. The number of hydrogen-bond acceptors (Lipinski definition) is 1. The maximum absolute atomic E-state index is 12.3. The summed E-state index contributed by atoms with van der Waals surface area (Å²) in [4.78, 5) is 14.4. The maximum atomic E-state index is 12.3. The summed E-state index contributed by atoms with van der Waals surface area (Å²) in [6.45, 7) is 5.99. The number of benzene rings is 1. The predicted molar refractivity (Wildman–Crippen MR) is 82.7 cm³/mol. The molecule has 1 aromatic carbocycles. The van der Waals surface area contributed by atoms with Crippen LogP contribution in [0.15, 0.2) is 18.2 Å². The molecule has 0 spiro atoms. The highest BCUT2D eigenvalue weighted by Crippen LogP contribution is 2.20. The zero-order valence-electron chi connectivity index (χ0n) is 11.8. The molecule has 1 fully saturated rings. The van der Waals surface area contributed by atoms with E-state index < -0.39 is 0 Å². The van der Waals surface area contributed by atoms with Gasteiger partial charge in [0.05, 0.1) is 6.42 Å². The van der Waals surface area contributed by atoms with Gasteiger partial charge >= 0.3 is 0 Å². The molecular formula is C16H22BrNO. The van der Waals surface area contributed by atoms with E-state index in [1.807, 2.05) is 4.90 Å². The minimum Gasteiger partial charge on any atom is -0.342 e. The Kier molecular flexibility index (Phi) is 5.03. The van der Waals surface area contributed by atoms with Gasteiger partial charge in [0, 0.05) is 18.4 Å². The van der Waals surface area contributed by atoms with Crippen LogP contribution in [0, 0.1) is 19.8 Å². The van der Waals surface area contributed by atoms with Crippen molar-refractivity contribution in [2.24, 2.45) is 5.92 Å². The number of likely N-dealkylation sites (tertiary alicyclic amines) is 1. The molecule has 3 heteroatoms. The SMILES string of the molecule is Cc1ccc(C)c(CC(=O)N2CCC(CBr)CC2)c1. The number of carbonyl (C=O) groups excluding carboxylic acids is 1. The molecule has 0 radical (unpaired) electrons. The first-order valence-electron chi connectivity index (χ1n) is 7.00. The summed E-state index contributed by atoms with van der Waals surface area (Å²) in [5, 5.41) is 1.06. The Balaban J connectivity index is 1.96. The molecule has 0 aliphatic carbocycles. The van der Waals surface area contributed by atoms with Gasteiger partial charge in [-0.15, -0.1) is 0 Å². The van der Waals surface area contributed by atoms with Gasteiger partial charge in [0.25, 0.3) is 0 Å². The van der Waals surface area contributed by atoms with E-state index in [1.165, 1.54) is 16.7 Å². The third-order valence-corrected chi connectivity index (χ3v) is 4.95. The van der Waals surface area contributed by atoms with E-state index in [9.17, 15) is 4.79 Å². The van der Waals surface area contributed by atoms with E-state index in [0.29, 0.717) is 6.42 Å². The molecule has 104 valence electrons. The Labute approximate surface area is 124 Å². The number of halogens is 1. The molecule has 0 bridgehead atoms. The Morgan fingerprint density at radius 1 is 1.32 bits per heavy atom. The van der Waals surface area contributed by atoms with Crippen molar-refractivity contribution in [3.05, 3.63) is 34.9 Å². The number of rotatable bonds is 3. The predicted octanol–water partition coefficient (Wildman–Crippen LogP) is 3.48. The summed E-state index contributed by atoms with van der Waals surface area (Å²) < 4.78 is 0. The van der Waals surface area contributed by atoms with Crippen molar-refractivity contribution >= 4 is 21.8 Å². The average Bonchev–Trinajstić information content (AvgIpc) is 2.43. The topological polar surface area (TPSA) is 20.3 Å². The molecule has 1 aliphatic rings. The average molecular weight is 324 g/mol. The minimum atomic E-state index is 0.279. The number of alkyl halides is 1. The third-order valence-electron chi connectivity index (χ3n) is 4.03.